The van der Waals surface area contributed by atoms with Gasteiger partial charge in [-0.1, -0.05) is 42.8 Å². The van der Waals surface area contributed by atoms with E-state index in [2.05, 4.69) is 37.3 Å². The molecule has 82 valence electrons. The molecule has 1 heteroatoms. The van der Waals surface area contributed by atoms with Gasteiger partial charge < -0.3 is 0 Å². The standard InChI is InChI=1S/C15H17N/c1-2-11-10-12-6-3-4-7-13(12)15(11)14-8-5-9-16-14/h3-4,6-7,10,15H,2,5,8-9H2,1H3. The molecule has 0 spiro atoms. The maximum atomic E-state index is 4.69. The second-order valence-corrected chi connectivity index (χ2v) is 4.61. The Kier molecular flexibility index (Phi) is 2.39. The quantitative estimate of drug-likeness (QED) is 0.705. The van der Waals surface area contributed by atoms with E-state index in [1.165, 1.54) is 29.7 Å². The topological polar surface area (TPSA) is 12.4 Å². The minimum absolute atomic E-state index is 0.503. The molecule has 1 atom stereocenters. The van der Waals surface area contributed by atoms with Crippen molar-refractivity contribution in [3.05, 3.63) is 41.0 Å². The molecule has 1 aliphatic carbocycles. The van der Waals surface area contributed by atoms with E-state index in [0.717, 1.165) is 13.0 Å². The molecule has 1 nitrogen and oxygen atoms in total. The molecular formula is C15H17N. The van der Waals surface area contributed by atoms with Gasteiger partial charge in [0.2, 0.25) is 0 Å². The lowest BCUT2D eigenvalue weighted by atomic mass is 9.88. The van der Waals surface area contributed by atoms with E-state index in [0.29, 0.717) is 5.92 Å². The fraction of sp³-hybridized carbons (Fsp3) is 0.400. The molecule has 2 aliphatic rings. The Balaban J connectivity index is 2.06. The van der Waals surface area contributed by atoms with Gasteiger partial charge >= 0.3 is 0 Å². The molecule has 1 aliphatic heterocycles. The van der Waals surface area contributed by atoms with Gasteiger partial charge in [-0.15, -0.1) is 0 Å². The first-order valence-electron chi connectivity index (χ1n) is 6.22. The minimum Gasteiger partial charge on any atom is -0.293 e. The largest absolute Gasteiger partial charge is 0.293 e. The van der Waals surface area contributed by atoms with Crippen LogP contribution in [-0.4, -0.2) is 12.3 Å². The molecule has 1 heterocycles. The minimum atomic E-state index is 0.503. The monoisotopic (exact) mass is 211 g/mol. The van der Waals surface area contributed by atoms with Gasteiger partial charge in [-0.05, 0) is 30.4 Å². The maximum absolute atomic E-state index is 4.69. The fourth-order valence-electron chi connectivity index (χ4n) is 2.89. The molecular weight excluding hydrogens is 194 g/mol. The first-order valence-corrected chi connectivity index (χ1v) is 6.22. The van der Waals surface area contributed by atoms with Crippen molar-refractivity contribution in [2.45, 2.75) is 32.1 Å². The predicted molar refractivity (Wildman–Crippen MR) is 69.0 cm³/mol. The van der Waals surface area contributed by atoms with Crippen LogP contribution in [0.1, 0.15) is 43.2 Å². The highest BCUT2D eigenvalue weighted by atomic mass is 14.8. The van der Waals surface area contributed by atoms with Gasteiger partial charge in [0.1, 0.15) is 0 Å². The van der Waals surface area contributed by atoms with Gasteiger partial charge in [-0.25, -0.2) is 0 Å². The summed E-state index contributed by atoms with van der Waals surface area (Å²) in [6, 6.07) is 8.76. The second-order valence-electron chi connectivity index (χ2n) is 4.61. The highest BCUT2D eigenvalue weighted by molar-refractivity contribution is 5.98. The molecule has 1 aromatic rings. The number of hydrogen-bond donors (Lipinski definition) is 0. The fourth-order valence-corrected chi connectivity index (χ4v) is 2.89. The van der Waals surface area contributed by atoms with E-state index < -0.39 is 0 Å². The summed E-state index contributed by atoms with van der Waals surface area (Å²) in [5, 5.41) is 0. The lowest BCUT2D eigenvalue weighted by Gasteiger charge is -2.16. The average Bonchev–Trinajstić information content (AvgIpc) is 2.94. The number of fused-ring (bicyclic) bond motifs is 1. The first kappa shape index (κ1) is 9.83. The van der Waals surface area contributed by atoms with Crippen molar-refractivity contribution in [1.82, 2.24) is 0 Å². The van der Waals surface area contributed by atoms with Crippen LogP contribution in [-0.2, 0) is 0 Å². The van der Waals surface area contributed by atoms with Gasteiger partial charge in [0.25, 0.3) is 0 Å². The molecule has 0 N–H and O–H groups in total. The van der Waals surface area contributed by atoms with Crippen LogP contribution >= 0.6 is 0 Å². The predicted octanol–water partition coefficient (Wildman–Crippen LogP) is 3.81. The van der Waals surface area contributed by atoms with Crippen LogP contribution < -0.4 is 0 Å². The van der Waals surface area contributed by atoms with E-state index in [1.807, 2.05) is 0 Å². The van der Waals surface area contributed by atoms with Crippen LogP contribution in [0.5, 0.6) is 0 Å². The van der Waals surface area contributed by atoms with Crippen LogP contribution in [0.2, 0.25) is 0 Å². The molecule has 0 saturated carbocycles. The van der Waals surface area contributed by atoms with Gasteiger partial charge in [0, 0.05) is 18.2 Å². The molecule has 0 aromatic heterocycles. The van der Waals surface area contributed by atoms with Crippen molar-refractivity contribution in [1.29, 1.82) is 0 Å². The molecule has 1 unspecified atom stereocenters. The lowest BCUT2D eigenvalue weighted by Crippen LogP contribution is -2.10. The average molecular weight is 211 g/mol. The van der Waals surface area contributed by atoms with Crippen LogP contribution in [0.4, 0.5) is 0 Å². The highest BCUT2D eigenvalue weighted by Crippen LogP contribution is 2.40. The van der Waals surface area contributed by atoms with Crippen LogP contribution in [0.25, 0.3) is 6.08 Å². The first-order chi connectivity index (χ1) is 7.90. The molecule has 0 amide bonds. The summed E-state index contributed by atoms with van der Waals surface area (Å²) in [5.74, 6) is 0.503. The number of aliphatic imine (C=N–C) groups is 1. The smallest absolute Gasteiger partial charge is 0.0437 e. The Morgan fingerprint density at radius 2 is 2.19 bits per heavy atom. The van der Waals surface area contributed by atoms with Crippen LogP contribution in [0, 0.1) is 0 Å². The van der Waals surface area contributed by atoms with Crippen molar-refractivity contribution in [3.8, 4) is 0 Å². The van der Waals surface area contributed by atoms with Crippen molar-refractivity contribution >= 4 is 11.8 Å². The van der Waals surface area contributed by atoms with Crippen molar-refractivity contribution in [2.24, 2.45) is 4.99 Å². The zero-order chi connectivity index (χ0) is 11.0. The van der Waals surface area contributed by atoms with Gasteiger partial charge in [-0.3, -0.25) is 4.99 Å². The third kappa shape index (κ3) is 1.42. The Morgan fingerprint density at radius 1 is 1.31 bits per heavy atom. The van der Waals surface area contributed by atoms with E-state index in [9.17, 15) is 0 Å². The Labute approximate surface area is 96.9 Å². The van der Waals surface area contributed by atoms with Crippen molar-refractivity contribution in [3.63, 3.8) is 0 Å². The van der Waals surface area contributed by atoms with Crippen molar-refractivity contribution < 1.29 is 0 Å². The summed E-state index contributed by atoms with van der Waals surface area (Å²) in [5.41, 5.74) is 5.83. The van der Waals surface area contributed by atoms with Crippen LogP contribution in [0.15, 0.2) is 34.8 Å². The summed E-state index contributed by atoms with van der Waals surface area (Å²) in [4.78, 5) is 4.69. The molecule has 0 radical (unpaired) electrons. The summed E-state index contributed by atoms with van der Waals surface area (Å²) in [7, 11) is 0. The lowest BCUT2D eigenvalue weighted by molar-refractivity contribution is 0.930. The maximum Gasteiger partial charge on any atom is 0.0437 e. The summed E-state index contributed by atoms with van der Waals surface area (Å²) in [6.45, 7) is 3.28. The molecule has 3 rings (SSSR count). The van der Waals surface area contributed by atoms with E-state index in [-0.39, 0.29) is 0 Å². The van der Waals surface area contributed by atoms with Crippen LogP contribution in [0.3, 0.4) is 0 Å². The third-order valence-corrected chi connectivity index (χ3v) is 3.67. The Bertz CT molecular complexity index is 468. The SMILES string of the molecule is CCC1=Cc2ccccc2C1C1=NCCC1. The number of allylic oxidation sites excluding steroid dienone is 1. The molecule has 0 bridgehead atoms. The van der Waals surface area contributed by atoms with Crippen molar-refractivity contribution in [2.75, 3.05) is 6.54 Å². The molecule has 0 saturated heterocycles. The number of rotatable bonds is 2. The summed E-state index contributed by atoms with van der Waals surface area (Å²) in [6.07, 6.45) is 5.93. The zero-order valence-electron chi connectivity index (χ0n) is 9.74. The second kappa shape index (κ2) is 3.89. The molecule has 1 aromatic carbocycles. The van der Waals surface area contributed by atoms with E-state index >= 15 is 0 Å². The van der Waals surface area contributed by atoms with Gasteiger partial charge in [0.15, 0.2) is 0 Å². The van der Waals surface area contributed by atoms with E-state index in [4.69, 9.17) is 4.99 Å². The summed E-state index contributed by atoms with van der Waals surface area (Å²) >= 11 is 0. The van der Waals surface area contributed by atoms with Gasteiger partial charge in [-0.2, -0.15) is 0 Å². The Hall–Kier alpha value is -1.37. The molecule has 16 heavy (non-hydrogen) atoms. The number of hydrogen-bond acceptors (Lipinski definition) is 1. The van der Waals surface area contributed by atoms with Gasteiger partial charge in [0.05, 0.1) is 0 Å². The Morgan fingerprint density at radius 3 is 2.94 bits per heavy atom. The summed E-state index contributed by atoms with van der Waals surface area (Å²) < 4.78 is 0. The number of nitrogens with zero attached hydrogens (tertiary/aromatic N) is 1. The third-order valence-electron chi connectivity index (χ3n) is 3.67. The van der Waals surface area contributed by atoms with E-state index in [1.54, 1.807) is 5.57 Å². The number of benzene rings is 1. The normalized spacial score (nSPS) is 22.9. The zero-order valence-corrected chi connectivity index (χ0v) is 9.74. The highest BCUT2D eigenvalue weighted by Gasteiger charge is 2.28. The molecule has 0 fully saturated rings.